The van der Waals surface area contributed by atoms with E-state index in [9.17, 15) is 4.79 Å². The Bertz CT molecular complexity index is 402. The molecule has 0 radical (unpaired) electrons. The molecule has 0 saturated heterocycles. The highest BCUT2D eigenvalue weighted by Crippen LogP contribution is 2.23. The molecular weight excluding hydrogens is 218 g/mol. The van der Waals surface area contributed by atoms with Gasteiger partial charge in [0.2, 0.25) is 0 Å². The Morgan fingerprint density at radius 3 is 2.94 bits per heavy atom. The van der Waals surface area contributed by atoms with Crippen LogP contribution in [0.4, 0.5) is 5.69 Å². The highest BCUT2D eigenvalue weighted by molar-refractivity contribution is 5.90. The quantitative estimate of drug-likeness (QED) is 0.467. The lowest BCUT2D eigenvalue weighted by atomic mass is 10.2. The summed E-state index contributed by atoms with van der Waals surface area (Å²) in [6, 6.07) is 4.83. The molecule has 0 aliphatic heterocycles. The molecule has 0 aliphatic carbocycles. The summed E-state index contributed by atoms with van der Waals surface area (Å²) in [7, 11) is 0. The second-order valence-electron chi connectivity index (χ2n) is 3.49. The lowest BCUT2D eigenvalue weighted by molar-refractivity contribution is 0.0504. The Morgan fingerprint density at radius 1 is 1.53 bits per heavy atom. The Labute approximate surface area is 101 Å². The molecule has 0 spiro atoms. The third-order valence-corrected chi connectivity index (χ3v) is 2.04. The van der Waals surface area contributed by atoms with Crippen LogP contribution in [-0.2, 0) is 4.74 Å². The van der Waals surface area contributed by atoms with E-state index in [1.807, 2.05) is 6.92 Å². The molecule has 0 aliphatic rings. The highest BCUT2D eigenvalue weighted by atomic mass is 16.5. The monoisotopic (exact) mass is 235 g/mol. The van der Waals surface area contributed by atoms with Crippen molar-refractivity contribution in [3.8, 4) is 5.75 Å². The van der Waals surface area contributed by atoms with Gasteiger partial charge in [0.25, 0.3) is 0 Å². The second kappa shape index (κ2) is 6.58. The number of carbonyl (C=O) groups excluding carboxylic acids is 1. The second-order valence-corrected chi connectivity index (χ2v) is 3.49. The molecule has 92 valence electrons. The maximum Gasteiger partial charge on any atom is 0.338 e. The van der Waals surface area contributed by atoms with Crippen molar-refractivity contribution in [2.75, 3.05) is 18.9 Å². The molecule has 1 aromatic carbocycles. The number of ether oxygens (including phenoxy) is 2. The Balaban J connectivity index is 2.79. The molecule has 1 rings (SSSR count). The number of nitrogen functional groups attached to an aromatic ring is 1. The fourth-order valence-corrected chi connectivity index (χ4v) is 1.21. The van der Waals surface area contributed by atoms with E-state index >= 15 is 0 Å². The topological polar surface area (TPSA) is 61.5 Å². The predicted octanol–water partition coefficient (Wildman–Crippen LogP) is 2.40. The van der Waals surface area contributed by atoms with Crippen LogP contribution in [0.15, 0.2) is 30.9 Å². The van der Waals surface area contributed by atoms with Gasteiger partial charge in [0, 0.05) is 0 Å². The van der Waals surface area contributed by atoms with Gasteiger partial charge in [-0.15, -0.1) is 0 Å². The van der Waals surface area contributed by atoms with Crippen LogP contribution in [-0.4, -0.2) is 19.2 Å². The standard InChI is InChI=1S/C13H17NO3/c1-3-7-16-12-9-10(5-6-11(12)14)13(15)17-8-4-2/h3,5-6,9H,1,4,7-8,14H2,2H3. The summed E-state index contributed by atoms with van der Waals surface area (Å²) in [6.45, 7) is 6.24. The molecule has 2 N–H and O–H groups in total. The first-order chi connectivity index (χ1) is 8.19. The minimum absolute atomic E-state index is 0.345. The number of rotatable bonds is 6. The van der Waals surface area contributed by atoms with E-state index in [4.69, 9.17) is 15.2 Å². The van der Waals surface area contributed by atoms with Gasteiger partial charge in [-0.1, -0.05) is 19.6 Å². The lowest BCUT2D eigenvalue weighted by Crippen LogP contribution is -2.07. The third-order valence-electron chi connectivity index (χ3n) is 2.04. The number of hydrogen-bond acceptors (Lipinski definition) is 4. The van der Waals surface area contributed by atoms with E-state index < -0.39 is 0 Å². The molecule has 4 nitrogen and oxygen atoms in total. The molecule has 0 bridgehead atoms. The number of benzene rings is 1. The molecule has 17 heavy (non-hydrogen) atoms. The minimum atomic E-state index is -0.365. The number of carbonyl (C=O) groups is 1. The average molecular weight is 235 g/mol. The fraction of sp³-hybridized carbons (Fsp3) is 0.308. The first-order valence-electron chi connectivity index (χ1n) is 5.49. The summed E-state index contributed by atoms with van der Waals surface area (Å²) in [4.78, 5) is 11.6. The van der Waals surface area contributed by atoms with Gasteiger partial charge < -0.3 is 15.2 Å². The highest BCUT2D eigenvalue weighted by Gasteiger charge is 2.09. The first-order valence-corrected chi connectivity index (χ1v) is 5.49. The van der Waals surface area contributed by atoms with Crippen molar-refractivity contribution < 1.29 is 14.3 Å². The zero-order chi connectivity index (χ0) is 12.7. The Morgan fingerprint density at radius 2 is 2.29 bits per heavy atom. The third kappa shape index (κ3) is 3.83. The molecule has 0 fully saturated rings. The summed E-state index contributed by atoms with van der Waals surface area (Å²) in [5.41, 5.74) is 6.64. The van der Waals surface area contributed by atoms with Crippen LogP contribution in [0.5, 0.6) is 5.75 Å². The number of nitrogens with two attached hydrogens (primary N) is 1. The van der Waals surface area contributed by atoms with Crippen LogP contribution in [0.1, 0.15) is 23.7 Å². The summed E-state index contributed by atoms with van der Waals surface area (Å²) < 4.78 is 10.4. The molecule has 0 aromatic heterocycles. The number of anilines is 1. The van der Waals surface area contributed by atoms with Crippen molar-refractivity contribution in [2.45, 2.75) is 13.3 Å². The van der Waals surface area contributed by atoms with E-state index in [0.717, 1.165) is 6.42 Å². The normalized spacial score (nSPS) is 9.71. The van der Waals surface area contributed by atoms with Crippen molar-refractivity contribution >= 4 is 11.7 Å². The smallest absolute Gasteiger partial charge is 0.338 e. The van der Waals surface area contributed by atoms with Crippen molar-refractivity contribution in [1.29, 1.82) is 0 Å². The first kappa shape index (κ1) is 13.1. The van der Waals surface area contributed by atoms with Crippen molar-refractivity contribution in [3.63, 3.8) is 0 Å². The van der Waals surface area contributed by atoms with Gasteiger partial charge in [-0.3, -0.25) is 0 Å². The summed E-state index contributed by atoms with van der Waals surface area (Å²) in [5, 5.41) is 0. The van der Waals surface area contributed by atoms with E-state index in [-0.39, 0.29) is 5.97 Å². The van der Waals surface area contributed by atoms with Gasteiger partial charge in [-0.2, -0.15) is 0 Å². The Kier molecular flexibility index (Phi) is 5.07. The van der Waals surface area contributed by atoms with Crippen LogP contribution in [0, 0.1) is 0 Å². The summed E-state index contributed by atoms with van der Waals surface area (Å²) in [5.74, 6) is 0.103. The van der Waals surface area contributed by atoms with Gasteiger partial charge in [0.15, 0.2) is 0 Å². The maximum atomic E-state index is 11.6. The molecule has 0 saturated carbocycles. The lowest BCUT2D eigenvalue weighted by Gasteiger charge is -2.09. The van der Waals surface area contributed by atoms with Gasteiger partial charge in [0.1, 0.15) is 12.4 Å². The molecule has 0 heterocycles. The molecule has 1 aromatic rings. The van der Waals surface area contributed by atoms with E-state index in [2.05, 4.69) is 6.58 Å². The molecule has 0 amide bonds. The van der Waals surface area contributed by atoms with E-state index in [1.165, 1.54) is 0 Å². The largest absolute Gasteiger partial charge is 0.487 e. The predicted molar refractivity (Wildman–Crippen MR) is 67.1 cm³/mol. The van der Waals surface area contributed by atoms with Crippen LogP contribution >= 0.6 is 0 Å². The van der Waals surface area contributed by atoms with Crippen LogP contribution in [0.3, 0.4) is 0 Å². The van der Waals surface area contributed by atoms with E-state index in [1.54, 1.807) is 24.3 Å². The van der Waals surface area contributed by atoms with Crippen molar-refractivity contribution in [3.05, 3.63) is 36.4 Å². The zero-order valence-corrected chi connectivity index (χ0v) is 9.94. The molecule has 0 unspecified atom stereocenters. The van der Waals surface area contributed by atoms with Crippen LogP contribution in [0.2, 0.25) is 0 Å². The fourth-order valence-electron chi connectivity index (χ4n) is 1.21. The van der Waals surface area contributed by atoms with Crippen LogP contribution < -0.4 is 10.5 Å². The van der Waals surface area contributed by atoms with Crippen LogP contribution in [0.25, 0.3) is 0 Å². The van der Waals surface area contributed by atoms with Crippen molar-refractivity contribution in [1.82, 2.24) is 0 Å². The summed E-state index contributed by atoms with van der Waals surface area (Å²) >= 11 is 0. The molecule has 4 heteroatoms. The minimum Gasteiger partial charge on any atom is -0.487 e. The van der Waals surface area contributed by atoms with Gasteiger partial charge in [-0.05, 0) is 24.6 Å². The van der Waals surface area contributed by atoms with Gasteiger partial charge >= 0.3 is 5.97 Å². The molecular formula is C13H17NO3. The maximum absolute atomic E-state index is 11.6. The SMILES string of the molecule is C=CCOc1cc(C(=O)OCCC)ccc1N. The number of hydrogen-bond donors (Lipinski definition) is 1. The van der Waals surface area contributed by atoms with Gasteiger partial charge in [0.05, 0.1) is 17.9 Å². The summed E-state index contributed by atoms with van der Waals surface area (Å²) in [6.07, 6.45) is 2.40. The zero-order valence-electron chi connectivity index (χ0n) is 9.94. The van der Waals surface area contributed by atoms with Gasteiger partial charge in [-0.25, -0.2) is 4.79 Å². The molecule has 0 atom stereocenters. The average Bonchev–Trinajstić information content (AvgIpc) is 2.35. The van der Waals surface area contributed by atoms with Crippen molar-refractivity contribution in [2.24, 2.45) is 0 Å². The Hall–Kier alpha value is -1.97. The van der Waals surface area contributed by atoms with E-state index in [0.29, 0.717) is 30.2 Å². The number of esters is 1.